The number of amides is 1. The van der Waals surface area contributed by atoms with Crippen molar-refractivity contribution in [1.29, 1.82) is 0 Å². The highest BCUT2D eigenvalue weighted by Gasteiger charge is 2.25. The number of rotatable bonds is 5. The first-order valence-electron chi connectivity index (χ1n) is 8.28. The van der Waals surface area contributed by atoms with Crippen molar-refractivity contribution in [3.63, 3.8) is 0 Å². The normalized spacial score (nSPS) is 13.7. The average Bonchev–Trinajstić information content (AvgIpc) is 3.29. The minimum Gasteiger partial charge on any atom is -0.445 e. The van der Waals surface area contributed by atoms with E-state index in [1.807, 2.05) is 18.2 Å². The monoisotopic (exact) mass is 338 g/mol. The number of hydrogen-bond acceptors (Lipinski definition) is 6. The lowest BCUT2D eigenvalue weighted by Crippen LogP contribution is -2.38. The first-order chi connectivity index (χ1) is 12.3. The highest BCUT2D eigenvalue weighted by Crippen LogP contribution is 2.21. The van der Waals surface area contributed by atoms with Crippen LogP contribution in [0.3, 0.4) is 0 Å². The van der Waals surface area contributed by atoms with E-state index < -0.39 is 0 Å². The summed E-state index contributed by atoms with van der Waals surface area (Å²) in [5, 5.41) is 10.8. The Morgan fingerprint density at radius 1 is 1.20 bits per heavy atom. The molecule has 0 unspecified atom stereocenters. The third-order valence-electron chi connectivity index (χ3n) is 4.28. The van der Waals surface area contributed by atoms with Crippen molar-refractivity contribution in [2.45, 2.75) is 32.4 Å². The molecule has 0 N–H and O–H groups in total. The maximum Gasteiger partial charge on any atom is 0.244 e. The molecule has 3 aromatic rings. The fourth-order valence-electron chi connectivity index (χ4n) is 2.96. The lowest BCUT2D eigenvalue weighted by Gasteiger charge is -2.25. The third kappa shape index (κ3) is 3.57. The smallest absolute Gasteiger partial charge is 0.244 e. The van der Waals surface area contributed by atoms with E-state index in [4.69, 9.17) is 4.42 Å². The van der Waals surface area contributed by atoms with E-state index in [0.29, 0.717) is 19.5 Å². The largest absolute Gasteiger partial charge is 0.445 e. The van der Waals surface area contributed by atoms with Crippen LogP contribution >= 0.6 is 0 Å². The summed E-state index contributed by atoms with van der Waals surface area (Å²) in [6.45, 7) is 1.24. The maximum absolute atomic E-state index is 12.3. The van der Waals surface area contributed by atoms with Gasteiger partial charge in [0.15, 0.2) is 5.89 Å². The molecule has 1 aromatic carbocycles. The van der Waals surface area contributed by atoms with Crippen LogP contribution < -0.4 is 0 Å². The molecule has 0 fully saturated rings. The molecule has 0 saturated heterocycles. The quantitative estimate of drug-likeness (QED) is 0.690. The second-order valence-electron chi connectivity index (χ2n) is 6.04. The van der Waals surface area contributed by atoms with Gasteiger partial charge in [0.2, 0.25) is 5.91 Å². The van der Waals surface area contributed by atoms with Crippen molar-refractivity contribution >= 4 is 5.91 Å². The predicted octanol–water partition coefficient (Wildman–Crippen LogP) is 1.03. The van der Waals surface area contributed by atoms with Crippen LogP contribution in [0.25, 0.3) is 0 Å². The molecule has 8 nitrogen and oxygen atoms in total. The van der Waals surface area contributed by atoms with E-state index in [0.717, 1.165) is 30.2 Å². The van der Waals surface area contributed by atoms with Crippen molar-refractivity contribution in [2.24, 2.45) is 0 Å². The number of fused-ring (bicyclic) bond motifs is 1. The number of aromatic nitrogens is 5. The van der Waals surface area contributed by atoms with Gasteiger partial charge in [-0.3, -0.25) is 4.79 Å². The molecular formula is C17H18N6O2. The lowest BCUT2D eigenvalue weighted by molar-refractivity contribution is -0.133. The molecular weight excluding hydrogens is 320 g/mol. The summed E-state index contributed by atoms with van der Waals surface area (Å²) in [6, 6.07) is 10.3. The Balaban J connectivity index is 1.38. The Kier molecular flexibility index (Phi) is 4.24. The van der Waals surface area contributed by atoms with Crippen LogP contribution in [-0.2, 0) is 37.1 Å². The number of carbonyl (C=O) groups is 1. The number of nitrogens with zero attached hydrogens (tertiary/aromatic N) is 6. The summed E-state index contributed by atoms with van der Waals surface area (Å²) in [7, 11) is 0. The Labute approximate surface area is 144 Å². The van der Waals surface area contributed by atoms with Crippen LogP contribution in [0.2, 0.25) is 0 Å². The Morgan fingerprint density at radius 3 is 2.88 bits per heavy atom. The average molecular weight is 338 g/mol. The van der Waals surface area contributed by atoms with Gasteiger partial charge < -0.3 is 9.32 Å². The fraction of sp³-hybridized carbons (Fsp3) is 0.353. The lowest BCUT2D eigenvalue weighted by atomic mass is 10.1. The molecule has 0 bridgehead atoms. The standard InChI is InChI=1S/C17H18N6O2/c24-17(11-23-12-18-20-21-23)22-9-8-15-14(10-22)19-16(25-15)7-6-13-4-2-1-3-5-13/h1-5,12H,6-11H2. The number of carbonyl (C=O) groups excluding carboxylic acids is 1. The Hall–Kier alpha value is -3.03. The van der Waals surface area contributed by atoms with Crippen molar-refractivity contribution in [1.82, 2.24) is 30.1 Å². The summed E-state index contributed by atoms with van der Waals surface area (Å²) in [5.74, 6) is 1.62. The Bertz CT molecular complexity index is 843. The molecule has 0 radical (unpaired) electrons. The fourth-order valence-corrected chi connectivity index (χ4v) is 2.96. The second-order valence-corrected chi connectivity index (χ2v) is 6.04. The van der Waals surface area contributed by atoms with Crippen LogP contribution in [0.15, 0.2) is 41.1 Å². The summed E-state index contributed by atoms with van der Waals surface area (Å²) < 4.78 is 7.30. The van der Waals surface area contributed by atoms with E-state index in [9.17, 15) is 4.79 Å². The SMILES string of the molecule is O=C(Cn1cnnn1)N1CCc2oc(CCc3ccccc3)nc2C1. The summed E-state index contributed by atoms with van der Waals surface area (Å²) in [4.78, 5) is 18.7. The van der Waals surface area contributed by atoms with Crippen molar-refractivity contribution in [3.8, 4) is 0 Å². The Morgan fingerprint density at radius 2 is 2.08 bits per heavy atom. The first kappa shape index (κ1) is 15.5. The van der Waals surface area contributed by atoms with E-state index in [1.54, 1.807) is 4.90 Å². The molecule has 1 amide bonds. The third-order valence-corrected chi connectivity index (χ3v) is 4.28. The van der Waals surface area contributed by atoms with Gasteiger partial charge in [-0.05, 0) is 22.4 Å². The highest BCUT2D eigenvalue weighted by molar-refractivity contribution is 5.76. The van der Waals surface area contributed by atoms with Gasteiger partial charge in [0.1, 0.15) is 24.3 Å². The van der Waals surface area contributed by atoms with E-state index >= 15 is 0 Å². The molecule has 25 heavy (non-hydrogen) atoms. The zero-order valence-electron chi connectivity index (χ0n) is 13.7. The number of benzene rings is 1. The van der Waals surface area contributed by atoms with E-state index in [-0.39, 0.29) is 12.5 Å². The van der Waals surface area contributed by atoms with E-state index in [1.165, 1.54) is 16.6 Å². The summed E-state index contributed by atoms with van der Waals surface area (Å²) >= 11 is 0. The molecule has 0 saturated carbocycles. The highest BCUT2D eigenvalue weighted by atomic mass is 16.4. The summed E-state index contributed by atoms with van der Waals surface area (Å²) in [5.41, 5.74) is 2.12. The number of hydrogen-bond donors (Lipinski definition) is 0. The maximum atomic E-state index is 12.3. The van der Waals surface area contributed by atoms with Gasteiger partial charge in [-0.15, -0.1) is 5.10 Å². The molecule has 2 aromatic heterocycles. The minimum atomic E-state index is -0.0215. The van der Waals surface area contributed by atoms with Crippen LogP contribution in [0.4, 0.5) is 0 Å². The van der Waals surface area contributed by atoms with Crippen molar-refractivity contribution in [3.05, 3.63) is 59.6 Å². The minimum absolute atomic E-state index is 0.0215. The van der Waals surface area contributed by atoms with Gasteiger partial charge in [0.25, 0.3) is 0 Å². The molecule has 0 spiro atoms. The molecule has 3 heterocycles. The van der Waals surface area contributed by atoms with Gasteiger partial charge in [-0.1, -0.05) is 30.3 Å². The van der Waals surface area contributed by atoms with Crippen LogP contribution in [0.1, 0.15) is 22.9 Å². The van der Waals surface area contributed by atoms with Gasteiger partial charge in [-0.25, -0.2) is 9.67 Å². The number of oxazole rings is 1. The molecule has 8 heteroatoms. The molecule has 1 aliphatic rings. The molecule has 128 valence electrons. The second kappa shape index (κ2) is 6.84. The van der Waals surface area contributed by atoms with Crippen LogP contribution in [0.5, 0.6) is 0 Å². The molecule has 0 aliphatic carbocycles. The topological polar surface area (TPSA) is 89.9 Å². The van der Waals surface area contributed by atoms with E-state index in [2.05, 4.69) is 32.6 Å². The molecule has 0 atom stereocenters. The van der Waals surface area contributed by atoms with Gasteiger partial charge in [0.05, 0.1) is 6.54 Å². The predicted molar refractivity (Wildman–Crippen MR) is 87.3 cm³/mol. The molecule has 4 rings (SSSR count). The number of aryl methyl sites for hydroxylation is 2. The van der Waals surface area contributed by atoms with Crippen LogP contribution in [0, 0.1) is 0 Å². The van der Waals surface area contributed by atoms with Gasteiger partial charge in [0, 0.05) is 19.4 Å². The van der Waals surface area contributed by atoms with Crippen molar-refractivity contribution < 1.29 is 9.21 Å². The summed E-state index contributed by atoms with van der Waals surface area (Å²) in [6.07, 6.45) is 3.78. The van der Waals surface area contributed by atoms with Crippen LogP contribution in [-0.4, -0.2) is 42.5 Å². The van der Waals surface area contributed by atoms with Crippen molar-refractivity contribution in [2.75, 3.05) is 6.54 Å². The molecule has 1 aliphatic heterocycles. The van der Waals surface area contributed by atoms with Gasteiger partial charge in [-0.2, -0.15) is 0 Å². The zero-order valence-corrected chi connectivity index (χ0v) is 13.7. The zero-order chi connectivity index (χ0) is 17.1. The number of tetrazole rings is 1. The first-order valence-corrected chi connectivity index (χ1v) is 8.28. The van der Waals surface area contributed by atoms with Gasteiger partial charge >= 0.3 is 0 Å².